The van der Waals surface area contributed by atoms with Crippen LogP contribution < -0.4 is 5.32 Å². The Hall–Kier alpha value is -0.610. The Kier molecular flexibility index (Phi) is 4.90. The van der Waals surface area contributed by atoms with Gasteiger partial charge in [-0.15, -0.1) is 0 Å². The molecule has 78 valence electrons. The molecular weight excluding hydrogens is 194 g/mol. The lowest BCUT2D eigenvalue weighted by Crippen LogP contribution is -2.29. The molecule has 0 aliphatic heterocycles. The first-order valence-corrected chi connectivity index (χ1v) is 5.73. The SMILES string of the molecule is CC(C)NCC(C)Sc1ncccn1. The smallest absolute Gasteiger partial charge is 0.187 e. The highest BCUT2D eigenvalue weighted by Gasteiger charge is 2.06. The van der Waals surface area contributed by atoms with Gasteiger partial charge in [-0.05, 0) is 6.07 Å². The number of hydrogen-bond donors (Lipinski definition) is 1. The largest absolute Gasteiger partial charge is 0.313 e. The highest BCUT2D eigenvalue weighted by Crippen LogP contribution is 2.17. The van der Waals surface area contributed by atoms with Crippen molar-refractivity contribution in [2.75, 3.05) is 6.54 Å². The molecule has 1 aromatic heterocycles. The summed E-state index contributed by atoms with van der Waals surface area (Å²) in [5, 5.41) is 4.74. The van der Waals surface area contributed by atoms with Crippen LogP contribution in [0.2, 0.25) is 0 Å². The Morgan fingerprint density at radius 1 is 1.29 bits per heavy atom. The standard InChI is InChI=1S/C10H17N3S/c1-8(2)13-7-9(3)14-10-11-5-4-6-12-10/h4-6,8-9,13H,7H2,1-3H3. The summed E-state index contributed by atoms with van der Waals surface area (Å²) in [6.07, 6.45) is 3.55. The van der Waals surface area contributed by atoms with E-state index in [0.29, 0.717) is 11.3 Å². The van der Waals surface area contributed by atoms with Gasteiger partial charge < -0.3 is 5.32 Å². The van der Waals surface area contributed by atoms with E-state index in [1.54, 1.807) is 24.2 Å². The van der Waals surface area contributed by atoms with Crippen LogP contribution in [-0.4, -0.2) is 27.8 Å². The molecule has 1 aromatic rings. The molecular formula is C10H17N3S. The number of rotatable bonds is 5. The molecule has 0 aromatic carbocycles. The van der Waals surface area contributed by atoms with Crippen LogP contribution in [0.25, 0.3) is 0 Å². The van der Waals surface area contributed by atoms with Crippen LogP contribution in [0, 0.1) is 0 Å². The Bertz CT molecular complexity index is 251. The molecule has 0 saturated heterocycles. The minimum absolute atomic E-state index is 0.500. The maximum Gasteiger partial charge on any atom is 0.187 e. The molecule has 4 heteroatoms. The summed E-state index contributed by atoms with van der Waals surface area (Å²) in [4.78, 5) is 8.34. The van der Waals surface area contributed by atoms with Gasteiger partial charge in [0.15, 0.2) is 5.16 Å². The molecule has 0 aliphatic rings. The average molecular weight is 211 g/mol. The molecule has 0 saturated carbocycles. The van der Waals surface area contributed by atoms with E-state index in [2.05, 4.69) is 36.1 Å². The van der Waals surface area contributed by atoms with E-state index in [-0.39, 0.29) is 0 Å². The minimum Gasteiger partial charge on any atom is -0.313 e. The Morgan fingerprint density at radius 3 is 2.50 bits per heavy atom. The number of aromatic nitrogens is 2. The van der Waals surface area contributed by atoms with Crippen LogP contribution in [0.4, 0.5) is 0 Å². The maximum atomic E-state index is 4.17. The monoisotopic (exact) mass is 211 g/mol. The predicted molar refractivity (Wildman–Crippen MR) is 60.5 cm³/mol. The van der Waals surface area contributed by atoms with Gasteiger partial charge in [0.2, 0.25) is 0 Å². The zero-order valence-corrected chi connectivity index (χ0v) is 9.71. The van der Waals surface area contributed by atoms with Gasteiger partial charge in [-0.2, -0.15) is 0 Å². The second-order valence-corrected chi connectivity index (χ2v) is 4.93. The van der Waals surface area contributed by atoms with Gasteiger partial charge in [-0.3, -0.25) is 0 Å². The van der Waals surface area contributed by atoms with E-state index < -0.39 is 0 Å². The summed E-state index contributed by atoms with van der Waals surface area (Å²) in [5.74, 6) is 0. The van der Waals surface area contributed by atoms with Crippen molar-refractivity contribution in [3.05, 3.63) is 18.5 Å². The van der Waals surface area contributed by atoms with Crippen molar-refractivity contribution in [2.45, 2.75) is 37.2 Å². The zero-order valence-electron chi connectivity index (χ0n) is 8.90. The molecule has 0 amide bonds. The third-order valence-corrected chi connectivity index (χ3v) is 2.65. The molecule has 0 bridgehead atoms. The summed E-state index contributed by atoms with van der Waals surface area (Å²) in [6, 6.07) is 2.37. The molecule has 0 radical (unpaired) electrons. The summed E-state index contributed by atoms with van der Waals surface area (Å²) < 4.78 is 0. The molecule has 1 unspecified atom stereocenters. The first-order chi connectivity index (χ1) is 6.68. The highest BCUT2D eigenvalue weighted by atomic mass is 32.2. The molecule has 1 heterocycles. The van der Waals surface area contributed by atoms with Gasteiger partial charge in [0.1, 0.15) is 0 Å². The van der Waals surface area contributed by atoms with Crippen molar-refractivity contribution in [1.29, 1.82) is 0 Å². The lowest BCUT2D eigenvalue weighted by molar-refractivity contribution is 0.588. The van der Waals surface area contributed by atoms with Crippen LogP contribution in [0.15, 0.2) is 23.6 Å². The van der Waals surface area contributed by atoms with E-state index in [9.17, 15) is 0 Å². The predicted octanol–water partition coefficient (Wildman–Crippen LogP) is 1.96. The van der Waals surface area contributed by atoms with Gasteiger partial charge in [-0.25, -0.2) is 9.97 Å². The van der Waals surface area contributed by atoms with Crippen LogP contribution in [-0.2, 0) is 0 Å². The molecule has 1 rings (SSSR count). The van der Waals surface area contributed by atoms with Gasteiger partial charge >= 0.3 is 0 Å². The normalized spacial score (nSPS) is 13.1. The fourth-order valence-electron chi connectivity index (χ4n) is 0.970. The number of hydrogen-bond acceptors (Lipinski definition) is 4. The third kappa shape index (κ3) is 4.58. The lowest BCUT2D eigenvalue weighted by Gasteiger charge is -2.13. The van der Waals surface area contributed by atoms with Gasteiger partial charge in [0, 0.05) is 30.2 Å². The first kappa shape index (κ1) is 11.5. The van der Waals surface area contributed by atoms with Crippen molar-refractivity contribution < 1.29 is 0 Å². The van der Waals surface area contributed by atoms with E-state index in [0.717, 1.165) is 11.7 Å². The topological polar surface area (TPSA) is 37.8 Å². The van der Waals surface area contributed by atoms with E-state index >= 15 is 0 Å². The quantitative estimate of drug-likeness (QED) is 0.597. The zero-order chi connectivity index (χ0) is 10.4. The average Bonchev–Trinajstić information content (AvgIpc) is 2.16. The van der Waals surface area contributed by atoms with Crippen LogP contribution in [0.1, 0.15) is 20.8 Å². The molecule has 0 spiro atoms. The molecule has 0 aliphatic carbocycles. The van der Waals surface area contributed by atoms with Crippen molar-refractivity contribution in [2.24, 2.45) is 0 Å². The fraction of sp³-hybridized carbons (Fsp3) is 0.600. The second-order valence-electron chi connectivity index (χ2n) is 3.52. The minimum atomic E-state index is 0.500. The van der Waals surface area contributed by atoms with Crippen molar-refractivity contribution in [1.82, 2.24) is 15.3 Å². The number of nitrogens with zero attached hydrogens (tertiary/aromatic N) is 2. The van der Waals surface area contributed by atoms with E-state index in [1.165, 1.54) is 0 Å². The Balaban J connectivity index is 2.30. The summed E-state index contributed by atoms with van der Waals surface area (Å²) in [7, 11) is 0. The lowest BCUT2D eigenvalue weighted by atomic mass is 10.3. The fourth-order valence-corrected chi connectivity index (χ4v) is 1.75. The maximum absolute atomic E-state index is 4.17. The van der Waals surface area contributed by atoms with Gasteiger partial charge in [0.05, 0.1) is 0 Å². The summed E-state index contributed by atoms with van der Waals surface area (Å²) in [5.41, 5.74) is 0. The molecule has 14 heavy (non-hydrogen) atoms. The molecule has 3 nitrogen and oxygen atoms in total. The van der Waals surface area contributed by atoms with Crippen LogP contribution in [0.3, 0.4) is 0 Å². The Morgan fingerprint density at radius 2 is 1.93 bits per heavy atom. The van der Waals surface area contributed by atoms with E-state index in [4.69, 9.17) is 0 Å². The molecule has 1 N–H and O–H groups in total. The molecule has 1 atom stereocenters. The Labute approximate surface area is 89.7 Å². The third-order valence-electron chi connectivity index (χ3n) is 1.66. The van der Waals surface area contributed by atoms with Crippen molar-refractivity contribution in [3.63, 3.8) is 0 Å². The van der Waals surface area contributed by atoms with E-state index in [1.807, 2.05) is 6.07 Å². The number of thioether (sulfide) groups is 1. The summed E-state index contributed by atoms with van der Waals surface area (Å²) >= 11 is 1.70. The van der Waals surface area contributed by atoms with Gasteiger partial charge in [0.25, 0.3) is 0 Å². The van der Waals surface area contributed by atoms with Gasteiger partial charge in [-0.1, -0.05) is 32.5 Å². The van der Waals surface area contributed by atoms with Crippen LogP contribution in [0.5, 0.6) is 0 Å². The van der Waals surface area contributed by atoms with Crippen molar-refractivity contribution in [3.8, 4) is 0 Å². The molecule has 0 fully saturated rings. The van der Waals surface area contributed by atoms with Crippen LogP contribution >= 0.6 is 11.8 Å². The second kappa shape index (κ2) is 5.98. The summed E-state index contributed by atoms with van der Waals surface area (Å²) in [6.45, 7) is 7.46. The van der Waals surface area contributed by atoms with Crippen molar-refractivity contribution >= 4 is 11.8 Å². The number of nitrogens with one attached hydrogen (secondary N) is 1. The highest BCUT2D eigenvalue weighted by molar-refractivity contribution is 7.99. The first-order valence-electron chi connectivity index (χ1n) is 4.85.